The maximum absolute atomic E-state index is 12.9. The standard InChI is InChI=1S/C28H33N3O3/c1-5-31(6-2)20-24-11-8-7-10-23(24)19-29-27(32)22-12-9-13-25(18-22)30(3)28(33)21-14-16-26(34-4)17-15-21/h7-18H,5-6,19-20H2,1-4H3,(H,29,32). The van der Waals surface area contributed by atoms with Gasteiger partial charge in [0, 0.05) is 37.0 Å². The predicted octanol–water partition coefficient (Wildman–Crippen LogP) is 4.74. The highest BCUT2D eigenvalue weighted by molar-refractivity contribution is 6.06. The summed E-state index contributed by atoms with van der Waals surface area (Å²) in [5, 5.41) is 3.03. The van der Waals surface area contributed by atoms with E-state index in [1.54, 1.807) is 56.6 Å². The predicted molar refractivity (Wildman–Crippen MR) is 136 cm³/mol. The molecule has 6 nitrogen and oxygen atoms in total. The first-order valence-corrected chi connectivity index (χ1v) is 11.6. The van der Waals surface area contributed by atoms with Crippen molar-refractivity contribution in [3.05, 3.63) is 95.1 Å². The zero-order valence-corrected chi connectivity index (χ0v) is 20.4. The van der Waals surface area contributed by atoms with Crippen LogP contribution in [0.25, 0.3) is 0 Å². The molecule has 0 bridgehead atoms. The Morgan fingerprint density at radius 2 is 1.53 bits per heavy atom. The van der Waals surface area contributed by atoms with Gasteiger partial charge in [0.15, 0.2) is 0 Å². The van der Waals surface area contributed by atoms with Gasteiger partial charge < -0.3 is 15.0 Å². The summed E-state index contributed by atoms with van der Waals surface area (Å²) in [4.78, 5) is 29.7. The highest BCUT2D eigenvalue weighted by Gasteiger charge is 2.16. The van der Waals surface area contributed by atoms with E-state index in [4.69, 9.17) is 4.74 Å². The minimum atomic E-state index is -0.176. The number of ether oxygens (including phenoxy) is 1. The molecule has 6 heteroatoms. The monoisotopic (exact) mass is 459 g/mol. The number of nitrogens with zero attached hydrogens (tertiary/aromatic N) is 2. The van der Waals surface area contributed by atoms with Crippen LogP contribution in [0.3, 0.4) is 0 Å². The molecule has 1 N–H and O–H groups in total. The van der Waals surface area contributed by atoms with Gasteiger partial charge in [0.1, 0.15) is 5.75 Å². The zero-order chi connectivity index (χ0) is 24.5. The first-order chi connectivity index (χ1) is 16.5. The first kappa shape index (κ1) is 25.0. The van der Waals surface area contributed by atoms with E-state index >= 15 is 0 Å². The van der Waals surface area contributed by atoms with E-state index in [-0.39, 0.29) is 11.8 Å². The lowest BCUT2D eigenvalue weighted by Gasteiger charge is -2.20. The van der Waals surface area contributed by atoms with Crippen molar-refractivity contribution < 1.29 is 14.3 Å². The highest BCUT2D eigenvalue weighted by atomic mass is 16.5. The van der Waals surface area contributed by atoms with E-state index in [0.29, 0.717) is 29.1 Å². The fraction of sp³-hybridized carbons (Fsp3) is 0.286. The number of carbonyl (C=O) groups excluding carboxylic acids is 2. The van der Waals surface area contributed by atoms with Crippen molar-refractivity contribution >= 4 is 17.5 Å². The molecule has 0 unspecified atom stereocenters. The molecule has 0 aliphatic carbocycles. The molecule has 0 fully saturated rings. The fourth-order valence-corrected chi connectivity index (χ4v) is 3.75. The van der Waals surface area contributed by atoms with Gasteiger partial charge in [-0.3, -0.25) is 14.5 Å². The van der Waals surface area contributed by atoms with E-state index in [1.165, 1.54) is 10.5 Å². The van der Waals surface area contributed by atoms with E-state index in [0.717, 1.165) is 25.2 Å². The Balaban J connectivity index is 1.69. The van der Waals surface area contributed by atoms with Gasteiger partial charge in [-0.2, -0.15) is 0 Å². The molecule has 0 radical (unpaired) electrons. The molecule has 0 aromatic heterocycles. The molecular weight excluding hydrogens is 426 g/mol. The van der Waals surface area contributed by atoms with Gasteiger partial charge in [0.25, 0.3) is 11.8 Å². The van der Waals surface area contributed by atoms with Crippen molar-refractivity contribution in [2.24, 2.45) is 0 Å². The summed E-state index contributed by atoms with van der Waals surface area (Å²) in [6.07, 6.45) is 0. The number of nitrogens with one attached hydrogen (secondary N) is 1. The molecule has 0 saturated heterocycles. The molecule has 3 aromatic rings. The lowest BCUT2D eigenvalue weighted by Crippen LogP contribution is -2.28. The Kier molecular flexibility index (Phi) is 8.82. The third kappa shape index (κ3) is 6.23. The summed E-state index contributed by atoms with van der Waals surface area (Å²) in [6.45, 7) is 7.56. The third-order valence-electron chi connectivity index (χ3n) is 5.98. The number of carbonyl (C=O) groups is 2. The molecule has 3 rings (SSSR count). The average Bonchev–Trinajstić information content (AvgIpc) is 2.90. The molecule has 0 spiro atoms. The lowest BCUT2D eigenvalue weighted by atomic mass is 10.1. The molecule has 34 heavy (non-hydrogen) atoms. The van der Waals surface area contributed by atoms with E-state index in [9.17, 15) is 9.59 Å². The molecular formula is C28H33N3O3. The summed E-state index contributed by atoms with van der Waals surface area (Å²) in [5.74, 6) is 0.354. The second kappa shape index (κ2) is 12.0. The molecule has 0 atom stereocenters. The van der Waals surface area contributed by atoms with Crippen LogP contribution in [0.1, 0.15) is 45.7 Å². The number of benzene rings is 3. The van der Waals surface area contributed by atoms with Crippen LogP contribution in [0.5, 0.6) is 5.75 Å². The van der Waals surface area contributed by atoms with Crippen molar-refractivity contribution in [1.29, 1.82) is 0 Å². The Hall–Kier alpha value is -3.64. The number of methoxy groups -OCH3 is 1. The maximum Gasteiger partial charge on any atom is 0.258 e. The number of amides is 2. The van der Waals surface area contributed by atoms with Gasteiger partial charge in [-0.05, 0) is 66.7 Å². The minimum Gasteiger partial charge on any atom is -0.497 e. The number of hydrogen-bond donors (Lipinski definition) is 1. The Morgan fingerprint density at radius 3 is 2.18 bits per heavy atom. The normalized spacial score (nSPS) is 10.7. The summed E-state index contributed by atoms with van der Waals surface area (Å²) in [6, 6.07) is 22.2. The maximum atomic E-state index is 12.9. The van der Waals surface area contributed by atoms with Crippen molar-refractivity contribution in [3.63, 3.8) is 0 Å². The van der Waals surface area contributed by atoms with Crippen molar-refractivity contribution in [1.82, 2.24) is 10.2 Å². The number of hydrogen-bond acceptors (Lipinski definition) is 4. The van der Waals surface area contributed by atoms with Crippen LogP contribution in [0.15, 0.2) is 72.8 Å². The van der Waals surface area contributed by atoms with Gasteiger partial charge in [0.2, 0.25) is 0 Å². The van der Waals surface area contributed by atoms with Gasteiger partial charge in [-0.1, -0.05) is 44.2 Å². The smallest absolute Gasteiger partial charge is 0.258 e. The molecule has 0 heterocycles. The van der Waals surface area contributed by atoms with Crippen molar-refractivity contribution in [2.45, 2.75) is 26.9 Å². The Bertz CT molecular complexity index is 1110. The molecule has 3 aromatic carbocycles. The topological polar surface area (TPSA) is 61.9 Å². The second-order valence-electron chi connectivity index (χ2n) is 8.06. The van der Waals surface area contributed by atoms with Crippen LogP contribution < -0.4 is 15.0 Å². The van der Waals surface area contributed by atoms with Crippen molar-refractivity contribution in [3.8, 4) is 5.75 Å². The Labute approximate surface area is 202 Å². The summed E-state index contributed by atoms with van der Waals surface area (Å²) < 4.78 is 5.16. The van der Waals surface area contributed by atoms with Crippen LogP contribution in [0.4, 0.5) is 5.69 Å². The van der Waals surface area contributed by atoms with E-state index in [1.807, 2.05) is 18.2 Å². The van der Waals surface area contributed by atoms with E-state index < -0.39 is 0 Å². The summed E-state index contributed by atoms with van der Waals surface area (Å²) in [5.41, 5.74) is 4.02. The average molecular weight is 460 g/mol. The van der Waals surface area contributed by atoms with Crippen LogP contribution in [0.2, 0.25) is 0 Å². The molecule has 0 aliphatic rings. The lowest BCUT2D eigenvalue weighted by molar-refractivity contribution is 0.0948. The largest absolute Gasteiger partial charge is 0.497 e. The molecule has 0 aliphatic heterocycles. The van der Waals surface area contributed by atoms with Gasteiger partial charge in [0.05, 0.1) is 7.11 Å². The minimum absolute atomic E-state index is 0.162. The molecule has 178 valence electrons. The van der Waals surface area contributed by atoms with Crippen LogP contribution in [-0.4, -0.2) is 44.0 Å². The zero-order valence-electron chi connectivity index (χ0n) is 20.4. The van der Waals surface area contributed by atoms with Crippen LogP contribution >= 0.6 is 0 Å². The van der Waals surface area contributed by atoms with Crippen molar-refractivity contribution in [2.75, 3.05) is 32.1 Å². The van der Waals surface area contributed by atoms with Gasteiger partial charge in [-0.15, -0.1) is 0 Å². The number of anilines is 1. The SMILES string of the molecule is CCN(CC)Cc1ccccc1CNC(=O)c1cccc(N(C)C(=O)c2ccc(OC)cc2)c1. The quantitative estimate of drug-likeness (QED) is 0.476. The molecule has 0 saturated carbocycles. The van der Waals surface area contributed by atoms with Gasteiger partial charge in [-0.25, -0.2) is 0 Å². The van der Waals surface area contributed by atoms with E-state index in [2.05, 4.69) is 36.2 Å². The number of rotatable bonds is 10. The first-order valence-electron chi connectivity index (χ1n) is 11.6. The Morgan fingerprint density at radius 1 is 0.853 bits per heavy atom. The van der Waals surface area contributed by atoms with Crippen LogP contribution in [-0.2, 0) is 13.1 Å². The molecule has 2 amide bonds. The summed E-state index contributed by atoms with van der Waals surface area (Å²) >= 11 is 0. The fourth-order valence-electron chi connectivity index (χ4n) is 3.75. The second-order valence-corrected chi connectivity index (χ2v) is 8.06. The highest BCUT2D eigenvalue weighted by Crippen LogP contribution is 2.19. The summed E-state index contributed by atoms with van der Waals surface area (Å²) in [7, 11) is 3.29. The van der Waals surface area contributed by atoms with Gasteiger partial charge >= 0.3 is 0 Å². The van der Waals surface area contributed by atoms with Crippen LogP contribution in [0, 0.1) is 0 Å². The third-order valence-corrected chi connectivity index (χ3v) is 5.98.